The van der Waals surface area contributed by atoms with E-state index in [1.54, 1.807) is 12.1 Å². The number of nitrogens with zero attached hydrogens (tertiary/aromatic N) is 1. The van der Waals surface area contributed by atoms with Gasteiger partial charge in [0, 0.05) is 24.7 Å². The minimum absolute atomic E-state index is 0.0311. The van der Waals surface area contributed by atoms with Crippen molar-refractivity contribution in [2.75, 3.05) is 26.7 Å². The van der Waals surface area contributed by atoms with Gasteiger partial charge in [-0.25, -0.2) is 8.78 Å². The van der Waals surface area contributed by atoms with Gasteiger partial charge in [0.2, 0.25) is 0 Å². The Kier molecular flexibility index (Phi) is 5.67. The third-order valence-corrected chi connectivity index (χ3v) is 3.86. The Morgan fingerprint density at radius 1 is 1.29 bits per heavy atom. The zero-order chi connectivity index (χ0) is 15.4. The second-order valence-electron chi connectivity index (χ2n) is 5.86. The molecule has 0 aliphatic carbocycles. The molecule has 21 heavy (non-hydrogen) atoms. The van der Waals surface area contributed by atoms with Crippen LogP contribution < -0.4 is 5.32 Å². The normalized spacial score (nSPS) is 24.0. The Bertz CT molecular complexity index is 436. The first-order valence-corrected chi connectivity index (χ1v) is 7.42. The van der Waals surface area contributed by atoms with Crippen LogP contribution in [0.15, 0.2) is 24.3 Å². The van der Waals surface area contributed by atoms with Crippen LogP contribution in [-0.2, 0) is 4.74 Å². The van der Waals surface area contributed by atoms with Crippen molar-refractivity contribution in [3.05, 3.63) is 35.4 Å². The van der Waals surface area contributed by atoms with Crippen LogP contribution in [0.3, 0.4) is 0 Å². The molecule has 1 aliphatic heterocycles. The van der Waals surface area contributed by atoms with Crippen molar-refractivity contribution >= 4 is 0 Å². The maximum Gasteiger partial charge on any atom is 0.263 e. The molecular weight excluding hydrogens is 274 g/mol. The highest BCUT2D eigenvalue weighted by Gasteiger charge is 2.31. The summed E-state index contributed by atoms with van der Waals surface area (Å²) < 4.78 is 31.2. The van der Waals surface area contributed by atoms with Gasteiger partial charge in [-0.2, -0.15) is 0 Å². The van der Waals surface area contributed by atoms with Crippen LogP contribution >= 0.6 is 0 Å². The van der Waals surface area contributed by atoms with E-state index in [1.807, 2.05) is 0 Å². The van der Waals surface area contributed by atoms with Crippen molar-refractivity contribution in [3.63, 3.8) is 0 Å². The van der Waals surface area contributed by atoms with E-state index in [-0.39, 0.29) is 17.7 Å². The lowest BCUT2D eigenvalue weighted by Gasteiger charge is -2.40. The summed E-state index contributed by atoms with van der Waals surface area (Å²) in [6.07, 6.45) is -2.39. The van der Waals surface area contributed by atoms with Crippen LogP contribution in [-0.4, -0.2) is 43.8 Å². The molecule has 0 radical (unpaired) electrons. The molecule has 1 aromatic carbocycles. The van der Waals surface area contributed by atoms with Crippen LogP contribution in [0.2, 0.25) is 0 Å². The monoisotopic (exact) mass is 298 g/mol. The molecule has 118 valence electrons. The number of nitrogens with one attached hydrogen (secondary N) is 1. The molecule has 2 unspecified atom stereocenters. The minimum atomic E-state index is -2.42. The van der Waals surface area contributed by atoms with Gasteiger partial charge in [-0.05, 0) is 12.6 Å². The highest BCUT2D eigenvalue weighted by Crippen LogP contribution is 2.29. The molecule has 0 aromatic heterocycles. The Hall–Kier alpha value is -1.04. The fourth-order valence-electron chi connectivity index (χ4n) is 2.69. The van der Waals surface area contributed by atoms with E-state index < -0.39 is 6.43 Å². The molecule has 1 fully saturated rings. The van der Waals surface area contributed by atoms with Gasteiger partial charge in [-0.3, -0.25) is 4.90 Å². The van der Waals surface area contributed by atoms with Gasteiger partial charge in [0.1, 0.15) is 0 Å². The standard InChI is InChI=1S/C16H24F2N2O/c1-11(2)19-10-14-15(20(3)8-9-21-14)12-4-6-13(7-5-12)16(17)18/h4-7,11,14-16,19H,8-10H2,1-3H3. The van der Waals surface area contributed by atoms with E-state index in [9.17, 15) is 8.78 Å². The fourth-order valence-corrected chi connectivity index (χ4v) is 2.69. The maximum atomic E-state index is 12.7. The third-order valence-electron chi connectivity index (χ3n) is 3.86. The Morgan fingerprint density at radius 3 is 2.52 bits per heavy atom. The zero-order valence-electron chi connectivity index (χ0n) is 12.9. The lowest BCUT2D eigenvalue weighted by atomic mass is 9.97. The van der Waals surface area contributed by atoms with E-state index in [1.165, 1.54) is 12.1 Å². The van der Waals surface area contributed by atoms with Gasteiger partial charge in [0.25, 0.3) is 6.43 Å². The van der Waals surface area contributed by atoms with Crippen molar-refractivity contribution in [2.45, 2.75) is 38.5 Å². The molecule has 1 saturated heterocycles. The Labute approximate surface area is 125 Å². The van der Waals surface area contributed by atoms with Crippen LogP contribution in [0, 0.1) is 0 Å². The Morgan fingerprint density at radius 2 is 1.95 bits per heavy atom. The average molecular weight is 298 g/mol. The molecule has 0 spiro atoms. The van der Waals surface area contributed by atoms with Crippen molar-refractivity contribution in [1.29, 1.82) is 0 Å². The van der Waals surface area contributed by atoms with E-state index in [0.717, 1.165) is 18.7 Å². The third kappa shape index (κ3) is 4.22. The number of benzene rings is 1. The summed E-state index contributed by atoms with van der Waals surface area (Å²) in [5.74, 6) is 0. The van der Waals surface area contributed by atoms with Gasteiger partial charge in [-0.1, -0.05) is 38.1 Å². The van der Waals surface area contributed by atoms with Crippen molar-refractivity contribution in [2.24, 2.45) is 0 Å². The molecular formula is C16H24F2N2O. The van der Waals surface area contributed by atoms with Crippen LogP contribution in [0.25, 0.3) is 0 Å². The Balaban J connectivity index is 2.14. The zero-order valence-corrected chi connectivity index (χ0v) is 12.9. The molecule has 1 aromatic rings. The highest BCUT2D eigenvalue weighted by atomic mass is 19.3. The molecule has 5 heteroatoms. The number of likely N-dealkylation sites (N-methyl/N-ethyl adjacent to an activating group) is 1. The highest BCUT2D eigenvalue weighted by molar-refractivity contribution is 5.27. The lowest BCUT2D eigenvalue weighted by Crippen LogP contribution is -2.48. The number of alkyl halides is 2. The van der Waals surface area contributed by atoms with Gasteiger partial charge >= 0.3 is 0 Å². The number of hydrogen-bond acceptors (Lipinski definition) is 3. The first-order chi connectivity index (χ1) is 9.99. The first-order valence-electron chi connectivity index (χ1n) is 7.42. The van der Waals surface area contributed by atoms with Crippen molar-refractivity contribution in [1.82, 2.24) is 10.2 Å². The van der Waals surface area contributed by atoms with E-state index in [2.05, 4.69) is 31.1 Å². The predicted molar refractivity (Wildman–Crippen MR) is 79.6 cm³/mol. The number of rotatable bonds is 5. The van der Waals surface area contributed by atoms with Crippen LogP contribution in [0.5, 0.6) is 0 Å². The van der Waals surface area contributed by atoms with Gasteiger partial charge in [0.15, 0.2) is 0 Å². The van der Waals surface area contributed by atoms with E-state index in [0.29, 0.717) is 12.6 Å². The summed E-state index contributed by atoms with van der Waals surface area (Å²) in [6, 6.07) is 7.09. The van der Waals surface area contributed by atoms with Crippen molar-refractivity contribution < 1.29 is 13.5 Å². The molecule has 2 atom stereocenters. The molecule has 1 N–H and O–H groups in total. The van der Waals surface area contributed by atoms with Gasteiger partial charge in [0.05, 0.1) is 18.8 Å². The molecule has 0 bridgehead atoms. The molecule has 0 saturated carbocycles. The fraction of sp³-hybridized carbons (Fsp3) is 0.625. The van der Waals surface area contributed by atoms with E-state index >= 15 is 0 Å². The topological polar surface area (TPSA) is 24.5 Å². The molecule has 1 heterocycles. The van der Waals surface area contributed by atoms with Gasteiger partial charge in [-0.15, -0.1) is 0 Å². The van der Waals surface area contributed by atoms with Crippen LogP contribution in [0.4, 0.5) is 8.78 Å². The number of morpholine rings is 1. The summed E-state index contributed by atoms with van der Waals surface area (Å²) in [5, 5.41) is 3.39. The largest absolute Gasteiger partial charge is 0.374 e. The number of ether oxygens (including phenoxy) is 1. The molecule has 2 rings (SSSR count). The average Bonchev–Trinajstić information content (AvgIpc) is 2.45. The minimum Gasteiger partial charge on any atom is -0.374 e. The molecule has 0 amide bonds. The summed E-state index contributed by atoms with van der Waals surface area (Å²) in [6.45, 7) is 6.49. The summed E-state index contributed by atoms with van der Waals surface area (Å²) in [5.41, 5.74) is 1.09. The summed E-state index contributed by atoms with van der Waals surface area (Å²) in [7, 11) is 2.05. The summed E-state index contributed by atoms with van der Waals surface area (Å²) in [4.78, 5) is 2.23. The second-order valence-corrected chi connectivity index (χ2v) is 5.86. The lowest BCUT2D eigenvalue weighted by molar-refractivity contribution is -0.0620. The molecule has 3 nitrogen and oxygen atoms in total. The quantitative estimate of drug-likeness (QED) is 0.904. The second kappa shape index (κ2) is 7.29. The smallest absolute Gasteiger partial charge is 0.263 e. The number of hydrogen-bond donors (Lipinski definition) is 1. The maximum absolute atomic E-state index is 12.7. The van der Waals surface area contributed by atoms with Crippen molar-refractivity contribution in [3.8, 4) is 0 Å². The summed E-state index contributed by atoms with van der Waals surface area (Å²) >= 11 is 0. The predicted octanol–water partition coefficient (Wildman–Crippen LogP) is 2.99. The van der Waals surface area contributed by atoms with E-state index in [4.69, 9.17) is 4.74 Å². The first kappa shape index (κ1) is 16.3. The van der Waals surface area contributed by atoms with Gasteiger partial charge < -0.3 is 10.1 Å². The van der Waals surface area contributed by atoms with Crippen LogP contribution in [0.1, 0.15) is 37.4 Å². The number of halogens is 2. The SMILES string of the molecule is CC(C)NCC1OCCN(C)C1c1ccc(C(F)F)cc1. The molecule has 1 aliphatic rings.